The molecule has 0 spiro atoms. The average molecular weight is 230 g/mol. The van der Waals surface area contributed by atoms with Crippen molar-refractivity contribution in [1.82, 2.24) is 9.80 Å². The van der Waals surface area contributed by atoms with Crippen LogP contribution in [-0.2, 0) is 4.74 Å². The van der Waals surface area contributed by atoms with Gasteiger partial charge in [0.2, 0.25) is 0 Å². The van der Waals surface area contributed by atoms with Crippen LogP contribution < -0.4 is 0 Å². The summed E-state index contributed by atoms with van der Waals surface area (Å²) in [4.78, 5) is 24.5. The van der Waals surface area contributed by atoms with E-state index in [1.807, 2.05) is 0 Å². The van der Waals surface area contributed by atoms with Crippen molar-refractivity contribution in [3.05, 3.63) is 0 Å². The number of rotatable bonds is 1. The highest BCUT2D eigenvalue weighted by atomic mass is 16.5. The molecule has 0 aromatic carbocycles. The third-order valence-corrected chi connectivity index (χ3v) is 3.32. The van der Waals surface area contributed by atoms with Gasteiger partial charge in [-0.15, -0.1) is 0 Å². The fourth-order valence-electron chi connectivity index (χ4n) is 2.62. The van der Waals surface area contributed by atoms with Crippen LogP contribution in [0.5, 0.6) is 0 Å². The van der Waals surface area contributed by atoms with E-state index in [1.165, 1.54) is 16.9 Å². The minimum atomic E-state index is -1.00. The maximum Gasteiger partial charge on any atom is 0.408 e. The van der Waals surface area contributed by atoms with Gasteiger partial charge < -0.3 is 19.8 Å². The Kier molecular flexibility index (Phi) is 2.63. The molecule has 3 atom stereocenters. The topological polar surface area (TPSA) is 90.3 Å². The number of nitrogens with zero attached hydrogens (tertiary/aromatic N) is 2. The summed E-state index contributed by atoms with van der Waals surface area (Å²) in [6, 6.07) is -0.658. The standard InChI is InChI=1S/C9H14N2O5/c1-16-7-2-5-3-10(8(12)13)4-6(7)11(5)9(14)15/h5-7H,2-4H2,1H3,(H,12,13)(H,14,15)/t5-,6-,7+/m0/s1. The minimum Gasteiger partial charge on any atom is -0.465 e. The number of amides is 2. The van der Waals surface area contributed by atoms with E-state index in [9.17, 15) is 9.59 Å². The van der Waals surface area contributed by atoms with Crippen LogP contribution in [0.15, 0.2) is 0 Å². The molecule has 2 heterocycles. The van der Waals surface area contributed by atoms with Crippen molar-refractivity contribution in [2.45, 2.75) is 24.6 Å². The number of piperazine rings is 1. The molecular weight excluding hydrogens is 216 g/mol. The molecule has 2 bridgehead atoms. The molecule has 0 aliphatic carbocycles. The molecule has 2 saturated heterocycles. The van der Waals surface area contributed by atoms with E-state index in [0.717, 1.165) is 0 Å². The Morgan fingerprint density at radius 2 is 1.94 bits per heavy atom. The van der Waals surface area contributed by atoms with Crippen LogP contribution in [0.1, 0.15) is 6.42 Å². The van der Waals surface area contributed by atoms with Crippen molar-refractivity contribution < 1.29 is 24.5 Å². The van der Waals surface area contributed by atoms with Crippen LogP contribution in [0.4, 0.5) is 9.59 Å². The second kappa shape index (κ2) is 3.82. The average Bonchev–Trinajstić information content (AvgIpc) is 2.45. The fraction of sp³-hybridized carbons (Fsp3) is 0.778. The van der Waals surface area contributed by atoms with Crippen molar-refractivity contribution in [3.63, 3.8) is 0 Å². The molecule has 2 fully saturated rings. The number of likely N-dealkylation sites (tertiary alicyclic amines) is 1. The fourth-order valence-corrected chi connectivity index (χ4v) is 2.62. The molecule has 0 saturated carbocycles. The Hall–Kier alpha value is -1.50. The highest BCUT2D eigenvalue weighted by Gasteiger charge is 2.49. The largest absolute Gasteiger partial charge is 0.465 e. The lowest BCUT2D eigenvalue weighted by Gasteiger charge is -2.38. The number of hydrogen-bond donors (Lipinski definition) is 2. The van der Waals surface area contributed by atoms with Crippen LogP contribution in [-0.4, -0.2) is 70.6 Å². The van der Waals surface area contributed by atoms with Crippen LogP contribution in [0.25, 0.3) is 0 Å². The quantitative estimate of drug-likeness (QED) is 0.667. The SMILES string of the molecule is CO[C@@H]1C[C@H]2CN(C(=O)O)C[C@@H]1N2C(=O)O. The highest BCUT2D eigenvalue weighted by Crippen LogP contribution is 2.32. The number of methoxy groups -OCH3 is 1. The maximum absolute atomic E-state index is 11.1. The Morgan fingerprint density at radius 1 is 1.25 bits per heavy atom. The predicted octanol–water partition coefficient (Wildman–Crippen LogP) is 0.116. The summed E-state index contributed by atoms with van der Waals surface area (Å²) in [6.07, 6.45) is -1.64. The summed E-state index contributed by atoms with van der Waals surface area (Å²) in [5, 5.41) is 18.0. The lowest BCUT2D eigenvalue weighted by molar-refractivity contribution is 0.0260. The van der Waals surface area contributed by atoms with Crippen LogP contribution in [0, 0.1) is 0 Å². The molecule has 7 nitrogen and oxygen atoms in total. The van der Waals surface area contributed by atoms with Crippen LogP contribution in [0.3, 0.4) is 0 Å². The van der Waals surface area contributed by atoms with E-state index in [-0.39, 0.29) is 31.3 Å². The minimum absolute atomic E-state index is 0.191. The summed E-state index contributed by atoms with van der Waals surface area (Å²) in [5.74, 6) is 0. The highest BCUT2D eigenvalue weighted by molar-refractivity contribution is 5.69. The van der Waals surface area contributed by atoms with Gasteiger partial charge in [0.1, 0.15) is 0 Å². The first kappa shape index (κ1) is 11.0. The van der Waals surface area contributed by atoms with Gasteiger partial charge in [-0.2, -0.15) is 0 Å². The molecule has 2 rings (SSSR count). The van der Waals surface area contributed by atoms with Gasteiger partial charge in [0, 0.05) is 20.2 Å². The molecule has 0 aromatic rings. The zero-order valence-corrected chi connectivity index (χ0v) is 8.87. The first-order chi connectivity index (χ1) is 7.54. The lowest BCUT2D eigenvalue weighted by atomic mass is 10.1. The van der Waals surface area contributed by atoms with Crippen molar-refractivity contribution in [1.29, 1.82) is 0 Å². The molecule has 2 N–H and O–H groups in total. The van der Waals surface area contributed by atoms with Crippen LogP contribution in [0.2, 0.25) is 0 Å². The van der Waals surface area contributed by atoms with Crippen molar-refractivity contribution in [3.8, 4) is 0 Å². The zero-order valence-electron chi connectivity index (χ0n) is 8.87. The molecule has 7 heteroatoms. The number of fused-ring (bicyclic) bond motifs is 2. The van der Waals surface area contributed by atoms with Gasteiger partial charge in [0.15, 0.2) is 0 Å². The zero-order chi connectivity index (χ0) is 11.9. The first-order valence-corrected chi connectivity index (χ1v) is 5.06. The van der Waals surface area contributed by atoms with Crippen molar-refractivity contribution >= 4 is 12.2 Å². The third-order valence-electron chi connectivity index (χ3n) is 3.32. The summed E-state index contributed by atoms with van der Waals surface area (Å²) in [5.41, 5.74) is 0. The van der Waals surface area contributed by atoms with Crippen molar-refractivity contribution in [2.24, 2.45) is 0 Å². The molecule has 2 amide bonds. The maximum atomic E-state index is 11.1. The van der Waals surface area contributed by atoms with Crippen LogP contribution >= 0.6 is 0 Å². The van der Waals surface area contributed by atoms with Gasteiger partial charge in [-0.25, -0.2) is 9.59 Å². The lowest BCUT2D eigenvalue weighted by Crippen LogP contribution is -2.58. The van der Waals surface area contributed by atoms with Gasteiger partial charge in [-0.1, -0.05) is 0 Å². The molecule has 90 valence electrons. The van der Waals surface area contributed by atoms with E-state index >= 15 is 0 Å². The van der Waals surface area contributed by atoms with Gasteiger partial charge in [0.05, 0.1) is 18.2 Å². The molecule has 2 aliphatic heterocycles. The predicted molar refractivity (Wildman–Crippen MR) is 52.5 cm³/mol. The Balaban J connectivity index is 2.19. The van der Waals surface area contributed by atoms with E-state index in [1.54, 1.807) is 0 Å². The number of carbonyl (C=O) groups is 2. The third kappa shape index (κ3) is 1.57. The van der Waals surface area contributed by atoms with Gasteiger partial charge >= 0.3 is 12.2 Å². The van der Waals surface area contributed by atoms with Crippen molar-refractivity contribution in [2.75, 3.05) is 20.2 Å². The Labute approximate surface area is 92.2 Å². The van der Waals surface area contributed by atoms with E-state index < -0.39 is 12.2 Å². The van der Waals surface area contributed by atoms with Gasteiger partial charge in [-0.3, -0.25) is 4.90 Å². The normalized spacial score (nSPS) is 32.9. The van der Waals surface area contributed by atoms with Gasteiger partial charge in [-0.05, 0) is 6.42 Å². The molecule has 0 unspecified atom stereocenters. The summed E-state index contributed by atoms with van der Waals surface area (Å²) in [7, 11) is 1.52. The van der Waals surface area contributed by atoms with Gasteiger partial charge in [0.25, 0.3) is 0 Å². The molecular formula is C9H14N2O5. The molecule has 0 radical (unpaired) electrons. The second-order valence-corrected chi connectivity index (χ2v) is 4.11. The summed E-state index contributed by atoms with van der Waals surface area (Å²) in [6.45, 7) is 0.425. The molecule has 16 heavy (non-hydrogen) atoms. The Morgan fingerprint density at radius 3 is 2.44 bits per heavy atom. The number of hydrogen-bond acceptors (Lipinski definition) is 3. The number of ether oxygens (including phenoxy) is 1. The second-order valence-electron chi connectivity index (χ2n) is 4.11. The molecule has 0 aromatic heterocycles. The summed E-state index contributed by atoms with van der Waals surface area (Å²) >= 11 is 0. The summed E-state index contributed by atoms with van der Waals surface area (Å²) < 4.78 is 5.21. The monoisotopic (exact) mass is 230 g/mol. The smallest absolute Gasteiger partial charge is 0.408 e. The van der Waals surface area contributed by atoms with E-state index in [4.69, 9.17) is 14.9 Å². The first-order valence-electron chi connectivity index (χ1n) is 5.06. The molecule has 2 aliphatic rings. The number of carboxylic acid groups (broad SMARTS) is 2. The van der Waals surface area contributed by atoms with E-state index in [0.29, 0.717) is 6.42 Å². The van der Waals surface area contributed by atoms with E-state index in [2.05, 4.69) is 0 Å². The Bertz CT molecular complexity index is 321.